The van der Waals surface area contributed by atoms with Crippen LogP contribution in [0, 0.1) is 10.8 Å². The van der Waals surface area contributed by atoms with E-state index < -0.39 is 5.41 Å². The van der Waals surface area contributed by atoms with Gasteiger partial charge in [0, 0.05) is 18.0 Å². The van der Waals surface area contributed by atoms with Gasteiger partial charge in [0.1, 0.15) is 0 Å². The molecule has 0 N–H and O–H groups in total. The lowest BCUT2D eigenvalue weighted by Gasteiger charge is -2.42. The lowest BCUT2D eigenvalue weighted by Crippen LogP contribution is -2.50. The van der Waals surface area contributed by atoms with Gasteiger partial charge in [-0.25, -0.2) is 0 Å². The van der Waals surface area contributed by atoms with Crippen LogP contribution in [0.3, 0.4) is 0 Å². The second-order valence-electron chi connectivity index (χ2n) is 7.44. The Kier molecular flexibility index (Phi) is 5.48. The summed E-state index contributed by atoms with van der Waals surface area (Å²) in [6.45, 7) is 12.9. The molecule has 2 heteroatoms. The minimum absolute atomic E-state index is 0.0447. The number of hydrogen-bond acceptors (Lipinski definition) is 1. The first-order valence-electron chi connectivity index (χ1n) is 8.64. The number of nitrogens with zero attached hydrogens (tertiary/aromatic N) is 1. The van der Waals surface area contributed by atoms with Crippen LogP contribution < -0.4 is 0 Å². The Balaban J connectivity index is 2.36. The van der Waals surface area contributed by atoms with Gasteiger partial charge in [0.05, 0.1) is 5.41 Å². The van der Waals surface area contributed by atoms with Crippen molar-refractivity contribution >= 4 is 5.91 Å². The average Bonchev–Trinajstić information content (AvgIpc) is 2.60. The molecule has 0 saturated heterocycles. The van der Waals surface area contributed by atoms with Crippen LogP contribution in [-0.4, -0.2) is 16.8 Å². The third-order valence-corrected chi connectivity index (χ3v) is 5.19. The van der Waals surface area contributed by atoms with Gasteiger partial charge in [-0.1, -0.05) is 74.6 Å². The van der Waals surface area contributed by atoms with E-state index in [4.69, 9.17) is 0 Å². The molecule has 128 valence electrons. The van der Waals surface area contributed by atoms with Crippen LogP contribution in [0.25, 0.3) is 0 Å². The summed E-state index contributed by atoms with van der Waals surface area (Å²) in [5, 5.41) is 0. The van der Waals surface area contributed by atoms with E-state index in [1.807, 2.05) is 48.3 Å². The molecular weight excluding hydrogens is 294 g/mol. The molecule has 1 aliphatic rings. The van der Waals surface area contributed by atoms with Crippen LogP contribution in [0.2, 0.25) is 0 Å². The Morgan fingerprint density at radius 2 is 1.88 bits per heavy atom. The van der Waals surface area contributed by atoms with E-state index in [1.165, 1.54) is 0 Å². The van der Waals surface area contributed by atoms with Gasteiger partial charge in [-0.15, -0.1) is 6.58 Å². The number of carbonyl (C=O) groups is 1. The summed E-state index contributed by atoms with van der Waals surface area (Å²) in [6, 6.07) is 10.2. The minimum atomic E-state index is -0.571. The first-order chi connectivity index (χ1) is 11.3. The summed E-state index contributed by atoms with van der Waals surface area (Å²) in [6.07, 6.45) is 11.0. The predicted octanol–water partition coefficient (Wildman–Crippen LogP) is 5.14. The summed E-state index contributed by atoms with van der Waals surface area (Å²) >= 11 is 0. The van der Waals surface area contributed by atoms with Crippen molar-refractivity contribution in [3.8, 4) is 0 Å². The highest BCUT2D eigenvalue weighted by atomic mass is 16.2. The highest BCUT2D eigenvalue weighted by Gasteiger charge is 2.38. The van der Waals surface area contributed by atoms with Crippen LogP contribution in [0.4, 0.5) is 0 Å². The Labute approximate surface area is 146 Å². The smallest absolute Gasteiger partial charge is 0.236 e. The fourth-order valence-corrected chi connectivity index (χ4v) is 2.95. The molecule has 1 aliphatic carbocycles. The molecule has 0 radical (unpaired) electrons. The first kappa shape index (κ1) is 18.3. The Morgan fingerprint density at radius 3 is 2.42 bits per heavy atom. The van der Waals surface area contributed by atoms with E-state index in [1.54, 1.807) is 0 Å². The Bertz CT molecular complexity index is 627. The zero-order valence-electron chi connectivity index (χ0n) is 15.3. The van der Waals surface area contributed by atoms with Crippen molar-refractivity contribution in [2.75, 3.05) is 0 Å². The molecular formula is C22H29NO. The molecule has 0 fully saturated rings. The third kappa shape index (κ3) is 3.87. The summed E-state index contributed by atoms with van der Waals surface area (Å²) in [7, 11) is 0. The summed E-state index contributed by atoms with van der Waals surface area (Å²) in [4.78, 5) is 15.4. The van der Waals surface area contributed by atoms with Crippen molar-refractivity contribution in [1.82, 2.24) is 4.90 Å². The zero-order valence-corrected chi connectivity index (χ0v) is 15.3. The lowest BCUT2D eigenvalue weighted by atomic mass is 9.80. The molecule has 0 heterocycles. The second kappa shape index (κ2) is 7.21. The SMILES string of the molecule is C=CC(C)(C)C(C)N(Cc1ccccc1)C(=O)C1(C)C=CCC=C1. The monoisotopic (exact) mass is 323 g/mol. The number of amides is 1. The molecule has 0 aliphatic heterocycles. The van der Waals surface area contributed by atoms with Gasteiger partial charge in [-0.05, 0) is 25.8 Å². The summed E-state index contributed by atoms with van der Waals surface area (Å²) in [5.41, 5.74) is 0.409. The van der Waals surface area contributed by atoms with Crippen molar-refractivity contribution in [2.24, 2.45) is 10.8 Å². The van der Waals surface area contributed by atoms with Gasteiger partial charge >= 0.3 is 0 Å². The van der Waals surface area contributed by atoms with Crippen molar-refractivity contribution in [3.63, 3.8) is 0 Å². The predicted molar refractivity (Wildman–Crippen MR) is 101 cm³/mol. The van der Waals surface area contributed by atoms with E-state index >= 15 is 0 Å². The lowest BCUT2D eigenvalue weighted by molar-refractivity contribution is -0.141. The standard InChI is InChI=1S/C22H29NO/c1-6-21(3,4)18(2)23(17-19-13-9-7-10-14-19)20(24)22(5)15-11-8-12-16-22/h6-7,9-16,18H,1,8,17H2,2-5H3. The van der Waals surface area contributed by atoms with Crippen molar-refractivity contribution in [1.29, 1.82) is 0 Å². The van der Waals surface area contributed by atoms with Gasteiger partial charge in [0.2, 0.25) is 5.91 Å². The van der Waals surface area contributed by atoms with Crippen LogP contribution in [-0.2, 0) is 11.3 Å². The Hall–Kier alpha value is -2.09. The Morgan fingerprint density at radius 1 is 1.29 bits per heavy atom. The summed E-state index contributed by atoms with van der Waals surface area (Å²) in [5.74, 6) is 0.140. The fraction of sp³-hybridized carbons (Fsp3) is 0.409. The van der Waals surface area contributed by atoms with Crippen LogP contribution in [0.5, 0.6) is 0 Å². The molecule has 1 aromatic carbocycles. The topological polar surface area (TPSA) is 20.3 Å². The molecule has 1 atom stereocenters. The number of rotatable bonds is 6. The second-order valence-corrected chi connectivity index (χ2v) is 7.44. The van der Waals surface area contributed by atoms with Crippen molar-refractivity contribution in [3.05, 3.63) is 72.9 Å². The first-order valence-corrected chi connectivity index (χ1v) is 8.64. The van der Waals surface area contributed by atoms with Crippen LogP contribution >= 0.6 is 0 Å². The highest BCUT2D eigenvalue weighted by molar-refractivity contribution is 5.87. The van der Waals surface area contributed by atoms with Gasteiger partial charge in [-0.2, -0.15) is 0 Å². The van der Waals surface area contributed by atoms with E-state index in [-0.39, 0.29) is 17.4 Å². The molecule has 1 unspecified atom stereocenters. The number of hydrogen-bond donors (Lipinski definition) is 0. The number of carbonyl (C=O) groups excluding carboxylic acids is 1. The van der Waals surface area contributed by atoms with Gasteiger partial charge in [-0.3, -0.25) is 4.79 Å². The summed E-state index contributed by atoms with van der Waals surface area (Å²) < 4.78 is 0. The number of benzene rings is 1. The maximum absolute atomic E-state index is 13.4. The van der Waals surface area contributed by atoms with Crippen LogP contribution in [0.15, 0.2) is 67.3 Å². The van der Waals surface area contributed by atoms with E-state index in [0.29, 0.717) is 6.54 Å². The number of allylic oxidation sites excluding steroid dienone is 2. The van der Waals surface area contributed by atoms with Gasteiger partial charge < -0.3 is 4.90 Å². The average molecular weight is 323 g/mol. The molecule has 1 amide bonds. The minimum Gasteiger partial charge on any atom is -0.334 e. The molecule has 0 bridgehead atoms. The molecule has 2 rings (SSSR count). The van der Waals surface area contributed by atoms with Crippen LogP contribution in [0.1, 0.15) is 39.7 Å². The van der Waals surface area contributed by atoms with Crippen molar-refractivity contribution < 1.29 is 4.79 Å². The molecule has 2 nitrogen and oxygen atoms in total. The molecule has 0 spiro atoms. The molecule has 1 aromatic rings. The van der Waals surface area contributed by atoms with Crippen molar-refractivity contribution in [2.45, 2.75) is 46.7 Å². The van der Waals surface area contributed by atoms with E-state index in [2.05, 4.69) is 51.6 Å². The maximum atomic E-state index is 13.4. The highest BCUT2D eigenvalue weighted by Crippen LogP contribution is 2.34. The normalized spacial score (nSPS) is 17.3. The van der Waals surface area contributed by atoms with Gasteiger partial charge in [0.25, 0.3) is 0 Å². The van der Waals surface area contributed by atoms with E-state index in [0.717, 1.165) is 12.0 Å². The molecule has 24 heavy (non-hydrogen) atoms. The quantitative estimate of drug-likeness (QED) is 0.664. The van der Waals surface area contributed by atoms with E-state index in [9.17, 15) is 4.79 Å². The zero-order chi connectivity index (χ0) is 17.8. The molecule has 0 aromatic heterocycles. The fourth-order valence-electron chi connectivity index (χ4n) is 2.95. The molecule has 0 saturated carbocycles. The maximum Gasteiger partial charge on any atom is 0.236 e. The third-order valence-electron chi connectivity index (χ3n) is 5.19. The largest absolute Gasteiger partial charge is 0.334 e. The van der Waals surface area contributed by atoms with Gasteiger partial charge in [0.15, 0.2) is 0 Å².